The van der Waals surface area contributed by atoms with Crippen molar-refractivity contribution in [3.63, 3.8) is 0 Å². The van der Waals surface area contributed by atoms with E-state index in [0.717, 1.165) is 11.1 Å². The zero-order valence-corrected chi connectivity index (χ0v) is 14.7. The van der Waals surface area contributed by atoms with Gasteiger partial charge in [0.15, 0.2) is 0 Å². The smallest absolute Gasteiger partial charge is 0.306 e. The van der Waals surface area contributed by atoms with Crippen LogP contribution in [0.4, 0.5) is 0 Å². The van der Waals surface area contributed by atoms with Gasteiger partial charge in [0.1, 0.15) is 6.04 Å². The second-order valence-corrected chi connectivity index (χ2v) is 6.59. The third kappa shape index (κ3) is 3.91. The highest BCUT2D eigenvalue weighted by molar-refractivity contribution is 5.69. The van der Waals surface area contributed by atoms with Gasteiger partial charge in [0, 0.05) is 18.0 Å². The number of hydrogen-bond donors (Lipinski definition) is 0. The maximum absolute atomic E-state index is 11.9. The average Bonchev–Trinajstić information content (AvgIpc) is 3.01. The van der Waals surface area contributed by atoms with E-state index in [-0.39, 0.29) is 23.3 Å². The maximum atomic E-state index is 11.9. The van der Waals surface area contributed by atoms with Crippen LogP contribution in [0.25, 0.3) is 0 Å². The number of nitrogens with zero attached hydrogens (tertiary/aromatic N) is 2. The van der Waals surface area contributed by atoms with Gasteiger partial charge in [-0.05, 0) is 11.1 Å². The molecule has 0 radical (unpaired) electrons. The molecule has 0 unspecified atom stereocenters. The molecule has 136 valence electrons. The molecular weight excluding hydrogens is 332 g/mol. The van der Waals surface area contributed by atoms with Crippen LogP contribution in [-0.4, -0.2) is 35.5 Å². The van der Waals surface area contributed by atoms with E-state index in [2.05, 4.69) is 4.90 Å². The number of carbonyl (C=O) groups excluding carboxylic acids is 1. The standard InChI is InChI=1S/C20H22N2O4/c1-26-18(23)12-17-14-21(13-15-8-4-2-5-9-15)19(20(17)22(24)25)16-10-6-3-7-11-16/h2-11,17,19-20H,12-14H2,1H3/t17-,19+,20+/m0/s1. The lowest BCUT2D eigenvalue weighted by atomic mass is 9.92. The number of carbonyl (C=O) groups is 1. The van der Waals surface area contributed by atoms with Crippen LogP contribution in [0.2, 0.25) is 0 Å². The third-order valence-electron chi connectivity index (χ3n) is 4.94. The first-order valence-corrected chi connectivity index (χ1v) is 8.63. The molecule has 0 spiro atoms. The summed E-state index contributed by atoms with van der Waals surface area (Å²) in [5.41, 5.74) is 1.99. The summed E-state index contributed by atoms with van der Waals surface area (Å²) < 4.78 is 4.75. The molecule has 1 saturated heterocycles. The molecule has 2 aromatic carbocycles. The second kappa shape index (κ2) is 8.10. The molecule has 26 heavy (non-hydrogen) atoms. The van der Waals surface area contributed by atoms with Crippen LogP contribution in [0, 0.1) is 16.0 Å². The highest BCUT2D eigenvalue weighted by Gasteiger charge is 2.50. The van der Waals surface area contributed by atoms with Gasteiger partial charge in [-0.2, -0.15) is 0 Å². The first kappa shape index (κ1) is 18.1. The van der Waals surface area contributed by atoms with E-state index in [1.165, 1.54) is 7.11 Å². The average molecular weight is 354 g/mol. The minimum absolute atomic E-state index is 0.0524. The Hall–Kier alpha value is -2.73. The fraction of sp³-hybridized carbons (Fsp3) is 0.350. The molecule has 0 N–H and O–H groups in total. The summed E-state index contributed by atoms with van der Waals surface area (Å²) in [4.78, 5) is 25.5. The van der Waals surface area contributed by atoms with Gasteiger partial charge in [-0.3, -0.25) is 19.8 Å². The molecule has 1 aliphatic rings. The second-order valence-electron chi connectivity index (χ2n) is 6.59. The quantitative estimate of drug-likeness (QED) is 0.453. The van der Waals surface area contributed by atoms with E-state index in [1.807, 2.05) is 60.7 Å². The number of nitro groups is 1. The largest absolute Gasteiger partial charge is 0.469 e. The van der Waals surface area contributed by atoms with E-state index in [0.29, 0.717) is 13.1 Å². The van der Waals surface area contributed by atoms with Gasteiger partial charge in [-0.25, -0.2) is 0 Å². The zero-order valence-electron chi connectivity index (χ0n) is 14.7. The number of likely N-dealkylation sites (tertiary alicyclic amines) is 1. The molecule has 0 amide bonds. The SMILES string of the molecule is COC(=O)C[C@H]1CN(Cc2ccccc2)[C@H](c2ccccc2)[C@@H]1[N+](=O)[O-]. The van der Waals surface area contributed by atoms with Crippen LogP contribution in [0.15, 0.2) is 60.7 Å². The first-order chi connectivity index (χ1) is 12.6. The summed E-state index contributed by atoms with van der Waals surface area (Å²) in [6.45, 7) is 1.08. The summed E-state index contributed by atoms with van der Waals surface area (Å²) in [5, 5.41) is 11.9. The Morgan fingerprint density at radius 2 is 1.77 bits per heavy atom. The molecule has 6 heteroatoms. The van der Waals surface area contributed by atoms with E-state index in [1.54, 1.807) is 0 Å². The lowest BCUT2D eigenvalue weighted by Gasteiger charge is -2.25. The van der Waals surface area contributed by atoms with Gasteiger partial charge in [0.05, 0.1) is 19.4 Å². The van der Waals surface area contributed by atoms with Crippen LogP contribution in [0.3, 0.4) is 0 Å². The van der Waals surface area contributed by atoms with E-state index in [9.17, 15) is 14.9 Å². The minimum atomic E-state index is -0.847. The molecular formula is C20H22N2O4. The van der Waals surface area contributed by atoms with Gasteiger partial charge in [-0.15, -0.1) is 0 Å². The fourth-order valence-corrected chi connectivity index (χ4v) is 3.81. The van der Waals surface area contributed by atoms with Crippen LogP contribution >= 0.6 is 0 Å². The molecule has 2 aromatic rings. The van der Waals surface area contributed by atoms with Crippen molar-refractivity contribution >= 4 is 5.97 Å². The number of benzene rings is 2. The lowest BCUT2D eigenvalue weighted by molar-refractivity contribution is -0.533. The highest BCUT2D eigenvalue weighted by Crippen LogP contribution is 2.40. The van der Waals surface area contributed by atoms with E-state index in [4.69, 9.17) is 4.74 Å². The Morgan fingerprint density at radius 1 is 1.15 bits per heavy atom. The zero-order chi connectivity index (χ0) is 18.5. The van der Waals surface area contributed by atoms with Crippen molar-refractivity contribution in [1.29, 1.82) is 0 Å². The summed E-state index contributed by atoms with van der Waals surface area (Å²) >= 11 is 0. The van der Waals surface area contributed by atoms with Crippen LogP contribution in [0.1, 0.15) is 23.6 Å². The molecule has 1 fully saturated rings. The minimum Gasteiger partial charge on any atom is -0.469 e. The number of ether oxygens (including phenoxy) is 1. The predicted octanol–water partition coefficient (Wildman–Crippen LogP) is 3.07. The molecule has 0 saturated carbocycles. The van der Waals surface area contributed by atoms with Crippen LogP contribution in [-0.2, 0) is 16.1 Å². The molecule has 3 rings (SSSR count). The molecule has 1 aliphatic heterocycles. The topological polar surface area (TPSA) is 72.7 Å². The summed E-state index contributed by atoms with van der Waals surface area (Å²) in [7, 11) is 1.31. The van der Waals surface area contributed by atoms with Gasteiger partial charge in [-0.1, -0.05) is 60.7 Å². The summed E-state index contributed by atoms with van der Waals surface area (Å²) in [6, 6.07) is 18.2. The van der Waals surface area contributed by atoms with E-state index < -0.39 is 12.0 Å². The molecule has 0 bridgehead atoms. The monoisotopic (exact) mass is 354 g/mol. The predicted molar refractivity (Wildman–Crippen MR) is 96.9 cm³/mol. The number of rotatable bonds is 6. The lowest BCUT2D eigenvalue weighted by Crippen LogP contribution is -2.33. The number of esters is 1. The van der Waals surface area contributed by atoms with Crippen LogP contribution in [0.5, 0.6) is 0 Å². The highest BCUT2D eigenvalue weighted by atomic mass is 16.6. The van der Waals surface area contributed by atoms with Gasteiger partial charge < -0.3 is 4.74 Å². The molecule has 0 aliphatic carbocycles. The van der Waals surface area contributed by atoms with Crippen molar-refractivity contribution in [2.75, 3.05) is 13.7 Å². The van der Waals surface area contributed by atoms with Crippen molar-refractivity contribution in [2.45, 2.75) is 25.0 Å². The molecule has 0 aromatic heterocycles. The van der Waals surface area contributed by atoms with Crippen molar-refractivity contribution in [3.8, 4) is 0 Å². The van der Waals surface area contributed by atoms with Crippen molar-refractivity contribution in [1.82, 2.24) is 4.90 Å². The van der Waals surface area contributed by atoms with Crippen molar-refractivity contribution in [3.05, 3.63) is 81.9 Å². The Morgan fingerprint density at radius 3 is 2.35 bits per heavy atom. The van der Waals surface area contributed by atoms with E-state index >= 15 is 0 Å². The Labute approximate surface area is 152 Å². The Balaban J connectivity index is 1.94. The molecule has 6 nitrogen and oxygen atoms in total. The van der Waals surface area contributed by atoms with Gasteiger partial charge in [0.25, 0.3) is 0 Å². The van der Waals surface area contributed by atoms with Gasteiger partial charge in [0.2, 0.25) is 6.04 Å². The van der Waals surface area contributed by atoms with Gasteiger partial charge >= 0.3 is 5.97 Å². The number of methoxy groups -OCH3 is 1. The van der Waals surface area contributed by atoms with Crippen LogP contribution < -0.4 is 0 Å². The Bertz CT molecular complexity index is 751. The summed E-state index contributed by atoms with van der Waals surface area (Å²) in [6.07, 6.45) is 0.0524. The normalized spacial score (nSPS) is 22.9. The fourth-order valence-electron chi connectivity index (χ4n) is 3.81. The van der Waals surface area contributed by atoms with Crippen molar-refractivity contribution < 1.29 is 14.5 Å². The molecule has 3 atom stereocenters. The maximum Gasteiger partial charge on any atom is 0.306 e. The van der Waals surface area contributed by atoms with Crippen molar-refractivity contribution in [2.24, 2.45) is 5.92 Å². The number of hydrogen-bond acceptors (Lipinski definition) is 5. The third-order valence-corrected chi connectivity index (χ3v) is 4.94. The Kier molecular flexibility index (Phi) is 5.63. The molecule has 1 heterocycles. The first-order valence-electron chi connectivity index (χ1n) is 8.63. The summed E-state index contributed by atoms with van der Waals surface area (Å²) in [5.74, 6) is -0.790.